The van der Waals surface area contributed by atoms with Crippen LogP contribution in [0.5, 0.6) is 5.75 Å². The average molecular weight is 425 g/mol. The average Bonchev–Trinajstić information content (AvgIpc) is 3.45. The minimum Gasteiger partial charge on any atom is -0.491 e. The molecule has 0 saturated heterocycles. The van der Waals surface area contributed by atoms with E-state index in [1.165, 1.54) is 23.1 Å². The van der Waals surface area contributed by atoms with Crippen LogP contribution in [-0.4, -0.2) is 15.7 Å². The second kappa shape index (κ2) is 7.81. The summed E-state index contributed by atoms with van der Waals surface area (Å²) in [4.78, 5) is 4.70. The van der Waals surface area contributed by atoms with Crippen molar-refractivity contribution in [3.8, 4) is 11.4 Å². The first-order valence-corrected chi connectivity index (χ1v) is 11.6. The predicted octanol–water partition coefficient (Wildman–Crippen LogP) is 7.38. The van der Waals surface area contributed by atoms with E-state index in [9.17, 15) is 0 Å². The van der Waals surface area contributed by atoms with Gasteiger partial charge in [0.25, 0.3) is 0 Å². The fraction of sp³-hybridized carbons (Fsp3) is 0.345. The van der Waals surface area contributed by atoms with Gasteiger partial charge in [-0.1, -0.05) is 51.1 Å². The van der Waals surface area contributed by atoms with E-state index in [2.05, 4.69) is 79.9 Å². The van der Waals surface area contributed by atoms with Gasteiger partial charge in [0.15, 0.2) is 0 Å². The van der Waals surface area contributed by atoms with Crippen molar-refractivity contribution >= 4 is 11.0 Å². The van der Waals surface area contributed by atoms with E-state index < -0.39 is 0 Å². The summed E-state index contributed by atoms with van der Waals surface area (Å²) in [7, 11) is 0. The molecule has 0 bridgehead atoms. The first-order valence-electron chi connectivity index (χ1n) is 11.6. The Kier molecular flexibility index (Phi) is 5.08. The Morgan fingerprint density at radius 3 is 2.19 bits per heavy atom. The molecule has 1 aliphatic rings. The molecule has 1 heterocycles. The molecule has 0 radical (unpaired) electrons. The summed E-state index contributed by atoms with van der Waals surface area (Å²) in [5, 5.41) is 0. The monoisotopic (exact) mass is 424 g/mol. The molecule has 1 aromatic heterocycles. The highest BCUT2D eigenvalue weighted by atomic mass is 16.5. The highest BCUT2D eigenvalue weighted by Gasteiger charge is 2.39. The molecule has 3 heteroatoms. The molecule has 2 unspecified atom stereocenters. The molecule has 0 N–H and O–H groups in total. The van der Waals surface area contributed by atoms with Crippen molar-refractivity contribution in [3.05, 3.63) is 89.7 Å². The fourth-order valence-electron chi connectivity index (χ4n) is 4.59. The number of nitrogens with zero attached hydrogens (tertiary/aromatic N) is 2. The molecule has 32 heavy (non-hydrogen) atoms. The zero-order valence-electron chi connectivity index (χ0n) is 19.7. The summed E-state index contributed by atoms with van der Waals surface area (Å²) in [5.41, 5.74) is 7.74. The van der Waals surface area contributed by atoms with Gasteiger partial charge in [-0.15, -0.1) is 0 Å². The Balaban J connectivity index is 1.34. The third kappa shape index (κ3) is 4.04. The summed E-state index contributed by atoms with van der Waals surface area (Å²) in [5.74, 6) is 2.11. The van der Waals surface area contributed by atoms with Crippen LogP contribution < -0.4 is 4.74 Å². The van der Waals surface area contributed by atoms with Gasteiger partial charge in [-0.25, -0.2) is 4.98 Å². The maximum absolute atomic E-state index is 5.77. The molecular weight excluding hydrogens is 392 g/mol. The van der Waals surface area contributed by atoms with Crippen LogP contribution >= 0.6 is 0 Å². The Hall–Kier alpha value is -3.07. The van der Waals surface area contributed by atoms with E-state index in [-0.39, 0.29) is 11.5 Å². The molecule has 1 saturated carbocycles. The molecule has 3 nitrogen and oxygen atoms in total. The first kappa shape index (κ1) is 20.8. The van der Waals surface area contributed by atoms with Crippen molar-refractivity contribution in [1.82, 2.24) is 9.55 Å². The van der Waals surface area contributed by atoms with Crippen LogP contribution in [0.15, 0.2) is 73.1 Å². The van der Waals surface area contributed by atoms with Crippen molar-refractivity contribution in [2.45, 2.75) is 64.4 Å². The summed E-state index contributed by atoms with van der Waals surface area (Å²) in [6.45, 7) is 10.9. The van der Waals surface area contributed by atoms with Gasteiger partial charge in [0.2, 0.25) is 0 Å². The largest absolute Gasteiger partial charge is 0.491 e. The number of benzene rings is 3. The van der Waals surface area contributed by atoms with Crippen LogP contribution in [0.1, 0.15) is 69.6 Å². The Bertz CT molecular complexity index is 1230. The molecule has 3 aromatic carbocycles. The minimum absolute atomic E-state index is 0.177. The lowest BCUT2D eigenvalue weighted by Gasteiger charge is -2.19. The highest BCUT2D eigenvalue weighted by molar-refractivity contribution is 5.78. The van der Waals surface area contributed by atoms with Gasteiger partial charge in [0.1, 0.15) is 12.1 Å². The van der Waals surface area contributed by atoms with Gasteiger partial charge < -0.3 is 4.74 Å². The zero-order valence-corrected chi connectivity index (χ0v) is 19.7. The first-order chi connectivity index (χ1) is 15.3. The normalized spacial score (nSPS) is 18.3. The minimum atomic E-state index is 0.177. The third-order valence-corrected chi connectivity index (χ3v) is 6.48. The summed E-state index contributed by atoms with van der Waals surface area (Å²) in [6, 6.07) is 24.2. The van der Waals surface area contributed by atoms with Crippen LogP contribution in [0.3, 0.4) is 0 Å². The maximum Gasteiger partial charge on any atom is 0.119 e. The molecule has 164 valence electrons. The topological polar surface area (TPSA) is 27.1 Å². The molecule has 0 aliphatic heterocycles. The van der Waals surface area contributed by atoms with Gasteiger partial charge in [0, 0.05) is 5.69 Å². The van der Waals surface area contributed by atoms with E-state index in [4.69, 9.17) is 9.72 Å². The molecule has 0 amide bonds. The number of rotatable bonds is 5. The molecule has 2 atom stereocenters. The number of ether oxygens (including phenoxy) is 1. The fourth-order valence-corrected chi connectivity index (χ4v) is 4.59. The number of aromatic nitrogens is 2. The quantitative estimate of drug-likeness (QED) is 0.334. The number of fused-ring (bicyclic) bond motifs is 1. The lowest BCUT2D eigenvalue weighted by molar-refractivity contribution is 0.242. The number of hydrogen-bond acceptors (Lipinski definition) is 2. The van der Waals surface area contributed by atoms with Gasteiger partial charge >= 0.3 is 0 Å². The molecule has 5 rings (SSSR count). The van der Waals surface area contributed by atoms with Crippen molar-refractivity contribution in [3.63, 3.8) is 0 Å². The van der Waals surface area contributed by atoms with Crippen molar-refractivity contribution < 1.29 is 4.74 Å². The second-order valence-corrected chi connectivity index (χ2v) is 10.3. The molecule has 0 spiro atoms. The van der Waals surface area contributed by atoms with Crippen molar-refractivity contribution in [2.75, 3.05) is 0 Å². The Morgan fingerprint density at radius 1 is 0.875 bits per heavy atom. The van der Waals surface area contributed by atoms with E-state index in [0.717, 1.165) is 22.5 Å². The summed E-state index contributed by atoms with van der Waals surface area (Å²) < 4.78 is 7.91. The van der Waals surface area contributed by atoms with Crippen LogP contribution in [-0.2, 0) is 5.41 Å². The number of hydrogen-bond donors (Lipinski definition) is 0. The van der Waals surface area contributed by atoms with E-state index in [0.29, 0.717) is 11.8 Å². The smallest absolute Gasteiger partial charge is 0.119 e. The summed E-state index contributed by atoms with van der Waals surface area (Å²) >= 11 is 0. The van der Waals surface area contributed by atoms with Crippen LogP contribution in [0.2, 0.25) is 0 Å². The van der Waals surface area contributed by atoms with E-state index in [1.54, 1.807) is 0 Å². The Labute approximate surface area is 191 Å². The van der Waals surface area contributed by atoms with Gasteiger partial charge in [-0.3, -0.25) is 4.57 Å². The number of imidazole rings is 1. The maximum atomic E-state index is 5.77. The van der Waals surface area contributed by atoms with Crippen LogP contribution in [0, 0.1) is 0 Å². The molecule has 4 aromatic rings. The molecule has 1 aliphatic carbocycles. The van der Waals surface area contributed by atoms with Gasteiger partial charge in [-0.2, -0.15) is 0 Å². The van der Waals surface area contributed by atoms with E-state index in [1.807, 2.05) is 32.3 Å². The second-order valence-electron chi connectivity index (χ2n) is 10.3. The Morgan fingerprint density at radius 2 is 1.53 bits per heavy atom. The van der Waals surface area contributed by atoms with Crippen molar-refractivity contribution in [2.24, 2.45) is 0 Å². The predicted molar refractivity (Wildman–Crippen MR) is 132 cm³/mol. The third-order valence-electron chi connectivity index (χ3n) is 6.48. The molecule has 1 fully saturated rings. The van der Waals surface area contributed by atoms with Crippen LogP contribution in [0.4, 0.5) is 0 Å². The molecular formula is C29H32N2O. The van der Waals surface area contributed by atoms with E-state index >= 15 is 0 Å². The lowest BCUT2D eigenvalue weighted by atomic mass is 9.86. The van der Waals surface area contributed by atoms with Crippen molar-refractivity contribution in [1.29, 1.82) is 0 Å². The summed E-state index contributed by atoms with van der Waals surface area (Å²) in [6.07, 6.45) is 3.32. The van der Waals surface area contributed by atoms with Gasteiger partial charge in [0.05, 0.1) is 17.1 Å². The highest BCUT2D eigenvalue weighted by Crippen LogP contribution is 2.55. The zero-order chi connectivity index (χ0) is 22.5. The SMILES string of the molecule is CC(C)Oc1ccc(-n2cnc3cc(C4CC4c4ccc(C(C)(C)C)cc4)ccc32)cc1. The van der Waals surface area contributed by atoms with Gasteiger partial charge in [-0.05, 0) is 90.6 Å². The standard InChI is InChI=1S/C29H32N2O/c1-19(2)32-24-13-11-23(12-14-24)31-18-30-27-16-21(8-15-28(27)31)26-17-25(26)20-6-9-22(10-7-20)29(3,4)5/h6-16,18-19,25-26H,17H2,1-5H3. The van der Waals surface area contributed by atoms with Crippen LogP contribution in [0.25, 0.3) is 16.7 Å². The lowest BCUT2D eigenvalue weighted by Crippen LogP contribution is -2.10.